The highest BCUT2D eigenvalue weighted by Gasteiger charge is 2.51. The molecule has 2 N–H and O–H groups in total. The second-order valence-electron chi connectivity index (χ2n) is 11.8. The van der Waals surface area contributed by atoms with Gasteiger partial charge in [0.15, 0.2) is 11.0 Å². The van der Waals surface area contributed by atoms with Crippen molar-refractivity contribution in [2.45, 2.75) is 74.9 Å². The van der Waals surface area contributed by atoms with E-state index in [1.54, 1.807) is 18.9 Å². The van der Waals surface area contributed by atoms with Crippen LogP contribution >= 0.6 is 23.4 Å². The first-order valence-electron chi connectivity index (χ1n) is 13.9. The van der Waals surface area contributed by atoms with E-state index < -0.39 is 0 Å². The molecule has 4 fully saturated rings. The van der Waals surface area contributed by atoms with Crippen LogP contribution in [-0.2, 0) is 5.75 Å². The van der Waals surface area contributed by atoms with E-state index in [4.69, 9.17) is 16.3 Å². The van der Waals surface area contributed by atoms with Crippen molar-refractivity contribution in [2.24, 2.45) is 17.8 Å². The van der Waals surface area contributed by atoms with Crippen molar-refractivity contribution in [2.75, 3.05) is 7.11 Å². The first-order chi connectivity index (χ1) is 18.8. The molecule has 206 valence electrons. The predicted molar refractivity (Wildman–Crippen MR) is 155 cm³/mol. The lowest BCUT2D eigenvalue weighted by molar-refractivity contribution is -0.0136. The molecule has 7 nitrogen and oxygen atoms in total. The second kappa shape index (κ2) is 10.7. The van der Waals surface area contributed by atoms with Crippen LogP contribution in [0.4, 0.5) is 4.79 Å². The average Bonchev–Trinajstić information content (AvgIpc) is 3.31. The molecule has 3 aromatic rings. The molecule has 4 aliphatic rings. The number of hydrogen-bond acceptors (Lipinski definition) is 5. The SMILES string of the molecule is COc1cccc(CSc2nnc(C(C)NC(=O)NC34CC5CC(CC(C5)C3)C4)n2-c2cc(Cl)ccc2C)c1. The molecule has 0 saturated heterocycles. The molecule has 4 saturated carbocycles. The fourth-order valence-corrected chi connectivity index (χ4v) is 8.48. The third-order valence-corrected chi connectivity index (χ3v) is 9.96. The summed E-state index contributed by atoms with van der Waals surface area (Å²) in [6, 6.07) is 13.4. The molecular formula is C30H36ClN5O2S. The summed E-state index contributed by atoms with van der Waals surface area (Å²) >= 11 is 8.02. The number of ether oxygens (including phenoxy) is 1. The average molecular weight is 566 g/mol. The Balaban J connectivity index is 1.23. The van der Waals surface area contributed by atoms with Crippen molar-refractivity contribution in [1.82, 2.24) is 25.4 Å². The lowest BCUT2D eigenvalue weighted by atomic mass is 9.53. The predicted octanol–water partition coefficient (Wildman–Crippen LogP) is 6.86. The van der Waals surface area contributed by atoms with Gasteiger partial charge in [-0.05, 0) is 106 Å². The van der Waals surface area contributed by atoms with E-state index >= 15 is 0 Å². The highest BCUT2D eigenvalue weighted by atomic mass is 35.5. The molecule has 1 unspecified atom stereocenters. The van der Waals surface area contributed by atoms with Crippen molar-refractivity contribution >= 4 is 29.4 Å². The minimum Gasteiger partial charge on any atom is -0.497 e. The van der Waals surface area contributed by atoms with Crippen LogP contribution in [0.15, 0.2) is 47.6 Å². The van der Waals surface area contributed by atoms with Gasteiger partial charge in [-0.25, -0.2) is 4.79 Å². The van der Waals surface area contributed by atoms with Gasteiger partial charge < -0.3 is 15.4 Å². The molecular weight excluding hydrogens is 530 g/mol. The minimum absolute atomic E-state index is 0.0481. The van der Waals surface area contributed by atoms with Crippen LogP contribution in [0.25, 0.3) is 5.69 Å². The molecule has 7 rings (SSSR count). The Bertz CT molecular complexity index is 1340. The fourth-order valence-electron chi connectivity index (χ4n) is 7.42. The highest BCUT2D eigenvalue weighted by molar-refractivity contribution is 7.98. The third kappa shape index (κ3) is 5.50. The number of nitrogens with zero attached hydrogens (tertiary/aromatic N) is 3. The summed E-state index contributed by atoms with van der Waals surface area (Å²) in [5, 5.41) is 17.1. The first-order valence-corrected chi connectivity index (χ1v) is 15.2. The van der Waals surface area contributed by atoms with Crippen molar-refractivity contribution < 1.29 is 9.53 Å². The first kappa shape index (κ1) is 26.5. The fraction of sp³-hybridized carbons (Fsp3) is 0.500. The van der Waals surface area contributed by atoms with Gasteiger partial charge in [-0.15, -0.1) is 10.2 Å². The standard InChI is InChI=1S/C30H36ClN5O2S/c1-18-7-8-24(31)13-26(18)36-27(34-35-29(36)39-17-20-5-4-6-25(12-20)38-3)19(2)32-28(37)33-30-14-21-9-22(15-30)11-23(10-21)16-30/h4-8,12-13,19,21-23H,9-11,14-17H2,1-3H3,(H2,32,33,37). The Morgan fingerprint density at radius 2 is 1.85 bits per heavy atom. The zero-order valence-corrected chi connectivity index (χ0v) is 24.3. The number of methoxy groups -OCH3 is 1. The van der Waals surface area contributed by atoms with Gasteiger partial charge >= 0.3 is 6.03 Å². The smallest absolute Gasteiger partial charge is 0.315 e. The maximum absolute atomic E-state index is 13.3. The molecule has 1 aromatic heterocycles. The normalized spacial score (nSPS) is 25.9. The summed E-state index contributed by atoms with van der Waals surface area (Å²) in [5.74, 6) is 4.51. The van der Waals surface area contributed by atoms with Gasteiger partial charge in [-0.1, -0.05) is 41.6 Å². The van der Waals surface area contributed by atoms with Crippen LogP contribution in [0, 0.1) is 24.7 Å². The molecule has 1 atom stereocenters. The summed E-state index contributed by atoms with van der Waals surface area (Å²) in [4.78, 5) is 13.3. The maximum Gasteiger partial charge on any atom is 0.315 e. The van der Waals surface area contributed by atoms with Crippen molar-refractivity contribution in [1.29, 1.82) is 0 Å². The van der Waals surface area contributed by atoms with Gasteiger partial charge in [-0.2, -0.15) is 0 Å². The van der Waals surface area contributed by atoms with Gasteiger partial charge in [0.1, 0.15) is 5.75 Å². The Kier molecular flexibility index (Phi) is 7.27. The molecule has 0 aliphatic heterocycles. The van der Waals surface area contributed by atoms with Gasteiger partial charge in [0.05, 0.1) is 18.8 Å². The van der Waals surface area contributed by atoms with Crippen LogP contribution in [0.5, 0.6) is 5.75 Å². The Morgan fingerprint density at radius 3 is 2.54 bits per heavy atom. The Morgan fingerprint density at radius 1 is 1.13 bits per heavy atom. The maximum atomic E-state index is 13.3. The van der Waals surface area contributed by atoms with E-state index in [1.165, 1.54) is 19.3 Å². The van der Waals surface area contributed by atoms with E-state index in [0.29, 0.717) is 16.6 Å². The van der Waals surface area contributed by atoms with Gasteiger partial charge in [-0.3, -0.25) is 4.57 Å². The van der Waals surface area contributed by atoms with Gasteiger partial charge in [0, 0.05) is 16.3 Å². The highest BCUT2D eigenvalue weighted by Crippen LogP contribution is 2.55. The lowest BCUT2D eigenvalue weighted by Crippen LogP contribution is -2.61. The van der Waals surface area contributed by atoms with Crippen LogP contribution in [0.2, 0.25) is 5.02 Å². The largest absolute Gasteiger partial charge is 0.497 e. The number of nitrogens with one attached hydrogen (secondary N) is 2. The number of halogens is 1. The number of amides is 2. The molecule has 4 aliphatic carbocycles. The summed E-state index contributed by atoms with van der Waals surface area (Å²) < 4.78 is 7.41. The van der Waals surface area contributed by atoms with Crippen LogP contribution < -0.4 is 15.4 Å². The Labute approximate surface area is 239 Å². The number of aryl methyl sites for hydroxylation is 1. The molecule has 0 radical (unpaired) electrons. The van der Waals surface area contributed by atoms with Crippen LogP contribution in [-0.4, -0.2) is 33.4 Å². The zero-order chi connectivity index (χ0) is 27.1. The number of benzene rings is 2. The number of carbonyl (C=O) groups excluding carboxylic acids is 1. The second-order valence-corrected chi connectivity index (χ2v) is 13.1. The minimum atomic E-state index is -0.351. The molecule has 9 heteroatoms. The molecule has 0 spiro atoms. The quantitative estimate of drug-likeness (QED) is 0.292. The van der Waals surface area contributed by atoms with Gasteiger partial charge in [0.2, 0.25) is 0 Å². The molecule has 2 amide bonds. The number of rotatable bonds is 8. The number of aromatic nitrogens is 3. The molecule has 2 aromatic carbocycles. The van der Waals surface area contributed by atoms with E-state index in [-0.39, 0.29) is 17.6 Å². The van der Waals surface area contributed by atoms with Crippen LogP contribution in [0.1, 0.15) is 68.4 Å². The number of urea groups is 1. The Hall–Kier alpha value is -2.71. The van der Waals surface area contributed by atoms with Crippen LogP contribution in [0.3, 0.4) is 0 Å². The molecule has 39 heavy (non-hydrogen) atoms. The van der Waals surface area contributed by atoms with Gasteiger partial charge in [0.25, 0.3) is 0 Å². The lowest BCUT2D eigenvalue weighted by Gasteiger charge is -2.56. The van der Waals surface area contributed by atoms with E-state index in [2.05, 4.69) is 26.9 Å². The number of carbonyl (C=O) groups is 1. The summed E-state index contributed by atoms with van der Waals surface area (Å²) in [7, 11) is 1.67. The van der Waals surface area contributed by atoms with E-state index in [9.17, 15) is 4.79 Å². The third-order valence-electron chi connectivity index (χ3n) is 8.72. The monoisotopic (exact) mass is 565 g/mol. The summed E-state index contributed by atoms with van der Waals surface area (Å²) in [5.41, 5.74) is 3.03. The zero-order valence-electron chi connectivity index (χ0n) is 22.7. The summed E-state index contributed by atoms with van der Waals surface area (Å²) in [6.07, 6.45) is 7.38. The molecule has 4 bridgehead atoms. The topological polar surface area (TPSA) is 81.1 Å². The number of thioether (sulfide) groups is 1. The van der Waals surface area contributed by atoms with Crippen molar-refractivity contribution in [3.05, 3.63) is 64.4 Å². The summed E-state index contributed by atoms with van der Waals surface area (Å²) in [6.45, 7) is 4.01. The van der Waals surface area contributed by atoms with E-state index in [0.717, 1.165) is 64.7 Å². The van der Waals surface area contributed by atoms with Crippen molar-refractivity contribution in [3.63, 3.8) is 0 Å². The van der Waals surface area contributed by atoms with Crippen molar-refractivity contribution in [3.8, 4) is 11.4 Å². The van der Waals surface area contributed by atoms with E-state index in [1.807, 2.05) is 54.8 Å². The number of hydrogen-bond donors (Lipinski definition) is 2. The molecule has 1 heterocycles.